The lowest BCUT2D eigenvalue weighted by Gasteiger charge is -2.24. The Hall–Kier alpha value is -7.24. The third-order valence-electron chi connectivity index (χ3n) is 10.4. The van der Waals surface area contributed by atoms with Gasteiger partial charge in [-0.3, -0.25) is 4.57 Å². The summed E-state index contributed by atoms with van der Waals surface area (Å²) in [6.07, 6.45) is 3.61. The van der Waals surface area contributed by atoms with Crippen molar-refractivity contribution in [2.75, 3.05) is 16.5 Å². The zero-order valence-electron chi connectivity index (χ0n) is 29.5. The number of benzene rings is 7. The van der Waals surface area contributed by atoms with Crippen molar-refractivity contribution in [1.29, 1.82) is 0 Å². The molecule has 54 heavy (non-hydrogen) atoms. The zero-order valence-corrected chi connectivity index (χ0v) is 29.5. The molecule has 0 spiro atoms. The van der Waals surface area contributed by atoms with Crippen LogP contribution in [-0.2, 0) is 0 Å². The number of anilines is 4. The lowest BCUT2D eigenvalue weighted by Crippen LogP contribution is -2.23. The van der Waals surface area contributed by atoms with Gasteiger partial charge in [0.25, 0.3) is 0 Å². The van der Waals surface area contributed by atoms with Gasteiger partial charge >= 0.3 is 0 Å². The molecule has 2 aromatic heterocycles. The van der Waals surface area contributed by atoms with Crippen LogP contribution < -0.4 is 9.80 Å². The number of hydrogen-bond acceptors (Lipinski definition) is 4. The lowest BCUT2D eigenvalue weighted by atomic mass is 9.85. The van der Waals surface area contributed by atoms with E-state index in [0.29, 0.717) is 12.6 Å². The summed E-state index contributed by atoms with van der Waals surface area (Å²) in [5.74, 6) is 0.649. The van der Waals surface area contributed by atoms with E-state index in [1.807, 2.05) is 18.5 Å². The van der Waals surface area contributed by atoms with Crippen LogP contribution in [0.2, 0.25) is 0 Å². The Bertz CT molecular complexity index is 2750. The van der Waals surface area contributed by atoms with E-state index in [9.17, 15) is 0 Å². The standard InChI is InChI=1S/C49H35N5/c1-4-16-35(17-5-1)47(36-18-6-2-7-19-36)48(38-28-29-42-41-24-10-11-25-43(41)54(46(42)33-38)49-50-30-15-31-51-49)37-20-14-23-40(32-37)53-34-52(39-21-8-3-9-22-39)44-26-12-13-27-45(44)53/h1-33H,34H2. The van der Waals surface area contributed by atoms with Gasteiger partial charge in [-0.05, 0) is 88.0 Å². The maximum Gasteiger partial charge on any atom is 0.234 e. The Kier molecular flexibility index (Phi) is 7.81. The second-order valence-corrected chi connectivity index (χ2v) is 13.5. The van der Waals surface area contributed by atoms with Crippen LogP contribution in [-0.4, -0.2) is 21.2 Å². The molecule has 0 radical (unpaired) electrons. The number of nitrogens with zero attached hydrogens (tertiary/aromatic N) is 5. The molecular weight excluding hydrogens is 659 g/mol. The molecule has 7 aromatic carbocycles. The van der Waals surface area contributed by atoms with Gasteiger partial charge in [0.1, 0.15) is 6.67 Å². The molecule has 9 aromatic rings. The number of para-hydroxylation sites is 4. The summed E-state index contributed by atoms with van der Waals surface area (Å²) in [6, 6.07) is 67.1. The fourth-order valence-corrected chi connectivity index (χ4v) is 7.96. The molecule has 0 fully saturated rings. The third-order valence-corrected chi connectivity index (χ3v) is 10.4. The molecule has 0 aliphatic carbocycles. The fraction of sp³-hybridized carbons (Fsp3) is 0.0204. The first-order valence-corrected chi connectivity index (χ1v) is 18.3. The van der Waals surface area contributed by atoms with E-state index in [4.69, 9.17) is 9.97 Å². The molecule has 1 aliphatic heterocycles. The molecule has 0 amide bonds. The van der Waals surface area contributed by atoms with Crippen LogP contribution in [0.1, 0.15) is 22.3 Å². The molecular formula is C49H35N5. The van der Waals surface area contributed by atoms with Crippen molar-refractivity contribution in [3.63, 3.8) is 0 Å². The quantitative estimate of drug-likeness (QED) is 0.156. The summed E-state index contributed by atoms with van der Waals surface area (Å²) >= 11 is 0. The summed E-state index contributed by atoms with van der Waals surface area (Å²) in [7, 11) is 0. The highest BCUT2D eigenvalue weighted by Crippen LogP contribution is 2.46. The molecule has 0 N–H and O–H groups in total. The van der Waals surface area contributed by atoms with Crippen LogP contribution in [0.25, 0.3) is 38.9 Å². The summed E-state index contributed by atoms with van der Waals surface area (Å²) in [5.41, 5.74) is 13.7. The summed E-state index contributed by atoms with van der Waals surface area (Å²) in [5, 5.41) is 2.33. The summed E-state index contributed by atoms with van der Waals surface area (Å²) in [6.45, 7) is 0.708. The van der Waals surface area contributed by atoms with Gasteiger partial charge in [-0.15, -0.1) is 0 Å². The van der Waals surface area contributed by atoms with Gasteiger partial charge in [-0.25, -0.2) is 9.97 Å². The van der Waals surface area contributed by atoms with Crippen LogP contribution in [0.5, 0.6) is 0 Å². The monoisotopic (exact) mass is 693 g/mol. The highest BCUT2D eigenvalue weighted by atomic mass is 15.4. The lowest BCUT2D eigenvalue weighted by molar-refractivity contribution is 0.988. The van der Waals surface area contributed by atoms with Crippen LogP contribution in [0.4, 0.5) is 22.7 Å². The molecule has 0 atom stereocenters. The predicted octanol–water partition coefficient (Wildman–Crippen LogP) is 11.8. The third kappa shape index (κ3) is 5.42. The highest BCUT2D eigenvalue weighted by molar-refractivity contribution is 6.12. The van der Waals surface area contributed by atoms with Crippen LogP contribution in [0.3, 0.4) is 0 Å². The first-order valence-electron chi connectivity index (χ1n) is 18.3. The van der Waals surface area contributed by atoms with Crippen molar-refractivity contribution in [3.05, 3.63) is 223 Å². The van der Waals surface area contributed by atoms with E-state index in [1.165, 1.54) is 28.0 Å². The van der Waals surface area contributed by atoms with Gasteiger partial charge in [-0.1, -0.05) is 133 Å². The van der Waals surface area contributed by atoms with Gasteiger partial charge in [0.15, 0.2) is 0 Å². The smallest absolute Gasteiger partial charge is 0.234 e. The van der Waals surface area contributed by atoms with Crippen molar-refractivity contribution >= 4 is 55.7 Å². The van der Waals surface area contributed by atoms with Gasteiger partial charge in [0.05, 0.1) is 22.4 Å². The van der Waals surface area contributed by atoms with E-state index in [1.54, 1.807) is 0 Å². The van der Waals surface area contributed by atoms with E-state index >= 15 is 0 Å². The molecule has 1 aliphatic rings. The largest absolute Gasteiger partial charge is 0.321 e. The number of fused-ring (bicyclic) bond motifs is 4. The number of aromatic nitrogens is 3. The summed E-state index contributed by atoms with van der Waals surface area (Å²) < 4.78 is 2.19. The molecule has 0 bridgehead atoms. The van der Waals surface area contributed by atoms with Crippen molar-refractivity contribution < 1.29 is 0 Å². The minimum atomic E-state index is 0.649. The normalized spacial score (nSPS) is 12.3. The van der Waals surface area contributed by atoms with Crippen molar-refractivity contribution in [2.45, 2.75) is 0 Å². The Morgan fingerprint density at radius 3 is 1.61 bits per heavy atom. The maximum absolute atomic E-state index is 4.72. The Labute approximate surface area is 314 Å². The molecule has 0 unspecified atom stereocenters. The van der Waals surface area contributed by atoms with E-state index in [2.05, 4.69) is 196 Å². The Morgan fingerprint density at radius 1 is 0.389 bits per heavy atom. The van der Waals surface area contributed by atoms with Gasteiger partial charge in [-0.2, -0.15) is 0 Å². The van der Waals surface area contributed by atoms with E-state index in [-0.39, 0.29) is 0 Å². The predicted molar refractivity (Wildman–Crippen MR) is 223 cm³/mol. The average molecular weight is 694 g/mol. The highest BCUT2D eigenvalue weighted by Gasteiger charge is 2.28. The topological polar surface area (TPSA) is 37.2 Å². The molecule has 3 heterocycles. The van der Waals surface area contributed by atoms with Crippen LogP contribution in [0, 0.1) is 0 Å². The molecule has 5 heteroatoms. The minimum absolute atomic E-state index is 0.649. The second kappa shape index (κ2) is 13.4. The van der Waals surface area contributed by atoms with E-state index < -0.39 is 0 Å². The fourth-order valence-electron chi connectivity index (χ4n) is 7.96. The number of hydrogen-bond donors (Lipinski definition) is 0. The first kappa shape index (κ1) is 31.5. The summed E-state index contributed by atoms with van der Waals surface area (Å²) in [4.78, 5) is 14.2. The Morgan fingerprint density at radius 2 is 0.907 bits per heavy atom. The molecule has 256 valence electrons. The van der Waals surface area contributed by atoms with Crippen LogP contribution in [0.15, 0.2) is 200 Å². The van der Waals surface area contributed by atoms with Gasteiger partial charge in [0.2, 0.25) is 5.95 Å². The van der Waals surface area contributed by atoms with E-state index in [0.717, 1.165) is 49.9 Å². The molecule has 0 saturated carbocycles. The zero-order chi connectivity index (χ0) is 35.8. The average Bonchev–Trinajstić information content (AvgIpc) is 3.80. The van der Waals surface area contributed by atoms with Crippen molar-refractivity contribution in [1.82, 2.24) is 14.5 Å². The molecule has 10 rings (SSSR count). The molecule has 0 saturated heterocycles. The maximum atomic E-state index is 4.72. The van der Waals surface area contributed by atoms with Gasteiger partial charge < -0.3 is 9.80 Å². The van der Waals surface area contributed by atoms with Crippen LogP contribution >= 0.6 is 0 Å². The minimum Gasteiger partial charge on any atom is -0.321 e. The first-order chi connectivity index (χ1) is 26.8. The van der Waals surface area contributed by atoms with Crippen molar-refractivity contribution in [3.8, 4) is 5.95 Å². The van der Waals surface area contributed by atoms with Gasteiger partial charge in [0, 0.05) is 34.5 Å². The Balaban J connectivity index is 1.22. The van der Waals surface area contributed by atoms with Crippen molar-refractivity contribution in [2.24, 2.45) is 0 Å². The molecule has 5 nitrogen and oxygen atoms in total. The second-order valence-electron chi connectivity index (χ2n) is 13.5. The SMILES string of the molecule is c1ccc(C(=C(c2cccc(N3CN(c4ccccc4)c4ccccc43)c2)c2ccc3c4ccccc4n(-c4ncccn4)c3c2)c2ccccc2)cc1. The number of rotatable bonds is 7.